The SMILES string of the molecule is CCC(C)n1cc(C(=O)NC2CCOCC2)c2cnc(Nc3ccnc(N4CCC(C)(O)CC4)n3)cc21. The lowest BCUT2D eigenvalue weighted by Crippen LogP contribution is -2.43. The number of aromatic nitrogens is 4. The highest BCUT2D eigenvalue weighted by molar-refractivity contribution is 6.07. The summed E-state index contributed by atoms with van der Waals surface area (Å²) in [6.07, 6.45) is 9.42. The summed E-state index contributed by atoms with van der Waals surface area (Å²) in [4.78, 5) is 29.1. The smallest absolute Gasteiger partial charge is 0.253 e. The zero-order chi connectivity index (χ0) is 26.0. The van der Waals surface area contributed by atoms with Gasteiger partial charge in [0.25, 0.3) is 5.91 Å². The van der Waals surface area contributed by atoms with E-state index in [1.165, 1.54) is 0 Å². The summed E-state index contributed by atoms with van der Waals surface area (Å²) in [7, 11) is 0. The molecule has 3 N–H and O–H groups in total. The minimum Gasteiger partial charge on any atom is -0.390 e. The predicted molar refractivity (Wildman–Crippen MR) is 143 cm³/mol. The summed E-state index contributed by atoms with van der Waals surface area (Å²) in [6, 6.07) is 4.15. The molecule has 10 heteroatoms. The Morgan fingerprint density at radius 1 is 1.24 bits per heavy atom. The van der Waals surface area contributed by atoms with E-state index < -0.39 is 5.60 Å². The summed E-state index contributed by atoms with van der Waals surface area (Å²) >= 11 is 0. The van der Waals surface area contributed by atoms with Crippen LogP contribution in [0.3, 0.4) is 0 Å². The maximum atomic E-state index is 13.2. The number of nitrogens with zero attached hydrogens (tertiary/aromatic N) is 5. The van der Waals surface area contributed by atoms with Crippen LogP contribution < -0.4 is 15.5 Å². The highest BCUT2D eigenvalue weighted by Crippen LogP contribution is 2.29. The molecule has 2 fully saturated rings. The summed E-state index contributed by atoms with van der Waals surface area (Å²) in [5.74, 6) is 1.87. The van der Waals surface area contributed by atoms with Crippen LogP contribution in [0, 0.1) is 0 Å². The number of amides is 1. The molecule has 198 valence electrons. The average molecular weight is 508 g/mol. The third kappa shape index (κ3) is 5.70. The van der Waals surface area contributed by atoms with E-state index >= 15 is 0 Å². The van der Waals surface area contributed by atoms with Crippen LogP contribution in [-0.4, -0.2) is 68.5 Å². The van der Waals surface area contributed by atoms with Gasteiger partial charge in [0.2, 0.25) is 5.95 Å². The number of carbonyl (C=O) groups is 1. The molecule has 2 aliphatic rings. The van der Waals surface area contributed by atoms with Crippen LogP contribution in [0.2, 0.25) is 0 Å². The Balaban J connectivity index is 1.38. The quantitative estimate of drug-likeness (QED) is 0.442. The van der Waals surface area contributed by atoms with Gasteiger partial charge in [0.05, 0.1) is 16.7 Å². The number of piperidine rings is 1. The van der Waals surface area contributed by atoms with Crippen molar-refractivity contribution in [3.05, 3.63) is 36.3 Å². The molecule has 2 saturated heterocycles. The molecule has 1 unspecified atom stereocenters. The van der Waals surface area contributed by atoms with Crippen LogP contribution in [0.25, 0.3) is 10.9 Å². The first-order chi connectivity index (χ1) is 17.8. The lowest BCUT2D eigenvalue weighted by Gasteiger charge is -2.35. The second-order valence-electron chi connectivity index (χ2n) is 10.5. The van der Waals surface area contributed by atoms with E-state index in [0.29, 0.717) is 62.3 Å². The molecule has 37 heavy (non-hydrogen) atoms. The van der Waals surface area contributed by atoms with Crippen molar-refractivity contribution in [2.45, 2.75) is 70.6 Å². The van der Waals surface area contributed by atoms with Crippen molar-refractivity contribution in [3.63, 3.8) is 0 Å². The van der Waals surface area contributed by atoms with Gasteiger partial charge in [-0.15, -0.1) is 0 Å². The van der Waals surface area contributed by atoms with Gasteiger partial charge in [-0.3, -0.25) is 4.79 Å². The molecular weight excluding hydrogens is 470 g/mol. The first-order valence-corrected chi connectivity index (χ1v) is 13.3. The molecule has 10 nitrogen and oxygen atoms in total. The number of carbonyl (C=O) groups excluding carboxylic acids is 1. The number of hydrogen-bond donors (Lipinski definition) is 3. The Morgan fingerprint density at radius 2 is 2.00 bits per heavy atom. The molecule has 0 aromatic carbocycles. The van der Waals surface area contributed by atoms with Gasteiger partial charge in [-0.25, -0.2) is 9.97 Å². The molecule has 3 aromatic heterocycles. The van der Waals surface area contributed by atoms with Crippen molar-refractivity contribution >= 4 is 34.4 Å². The van der Waals surface area contributed by atoms with E-state index in [2.05, 4.69) is 43.9 Å². The molecule has 0 saturated carbocycles. The number of nitrogens with one attached hydrogen (secondary N) is 2. The van der Waals surface area contributed by atoms with Crippen LogP contribution in [-0.2, 0) is 4.74 Å². The summed E-state index contributed by atoms with van der Waals surface area (Å²) in [6.45, 7) is 8.95. The van der Waals surface area contributed by atoms with Crippen molar-refractivity contribution < 1.29 is 14.6 Å². The van der Waals surface area contributed by atoms with E-state index in [9.17, 15) is 9.90 Å². The molecule has 5 heterocycles. The molecular formula is C27H37N7O3. The minimum atomic E-state index is -0.628. The van der Waals surface area contributed by atoms with Crippen LogP contribution in [0.15, 0.2) is 30.7 Å². The Hall–Kier alpha value is -3.24. The number of aliphatic hydroxyl groups is 1. The Kier molecular flexibility index (Phi) is 7.30. The maximum Gasteiger partial charge on any atom is 0.253 e. The second-order valence-corrected chi connectivity index (χ2v) is 10.5. The number of rotatable bonds is 7. The summed E-state index contributed by atoms with van der Waals surface area (Å²) in [5.41, 5.74) is 0.972. The van der Waals surface area contributed by atoms with Crippen molar-refractivity contribution in [1.82, 2.24) is 24.8 Å². The topological polar surface area (TPSA) is 117 Å². The zero-order valence-corrected chi connectivity index (χ0v) is 21.9. The normalized spacial score (nSPS) is 19.1. The van der Waals surface area contributed by atoms with E-state index in [-0.39, 0.29) is 18.0 Å². The average Bonchev–Trinajstić information content (AvgIpc) is 3.28. The largest absolute Gasteiger partial charge is 0.390 e. The zero-order valence-electron chi connectivity index (χ0n) is 21.9. The van der Waals surface area contributed by atoms with Crippen molar-refractivity contribution in [1.29, 1.82) is 0 Å². The minimum absolute atomic E-state index is 0.0672. The second kappa shape index (κ2) is 10.6. The van der Waals surface area contributed by atoms with Gasteiger partial charge in [0.15, 0.2) is 0 Å². The third-order valence-corrected chi connectivity index (χ3v) is 7.61. The first-order valence-electron chi connectivity index (χ1n) is 13.3. The standard InChI is InChI=1S/C27H37N7O3/c1-4-18(2)34-17-21(25(35)30-19-6-13-37-14-7-19)20-16-29-24(15-22(20)34)31-23-5-10-28-26(32-23)33-11-8-27(3,36)9-12-33/h5,10,15-19,36H,4,6-9,11-14H2,1-3H3,(H,30,35)(H,28,29,31,32). The maximum absolute atomic E-state index is 13.2. The summed E-state index contributed by atoms with van der Waals surface area (Å²) in [5, 5.41) is 17.6. The molecule has 2 aliphatic heterocycles. The predicted octanol–water partition coefficient (Wildman–Crippen LogP) is 3.80. The number of anilines is 3. The molecule has 0 aliphatic carbocycles. The van der Waals surface area contributed by atoms with Crippen LogP contribution >= 0.6 is 0 Å². The van der Waals surface area contributed by atoms with Gasteiger partial charge in [-0.2, -0.15) is 4.98 Å². The molecule has 1 amide bonds. The van der Waals surface area contributed by atoms with Gasteiger partial charge in [0.1, 0.15) is 11.6 Å². The third-order valence-electron chi connectivity index (χ3n) is 7.61. The van der Waals surface area contributed by atoms with Crippen LogP contribution in [0.1, 0.15) is 69.3 Å². The molecule has 0 bridgehead atoms. The van der Waals surface area contributed by atoms with Gasteiger partial charge < -0.3 is 29.9 Å². The van der Waals surface area contributed by atoms with Crippen molar-refractivity contribution in [3.8, 4) is 0 Å². The highest BCUT2D eigenvalue weighted by atomic mass is 16.5. The fourth-order valence-electron chi connectivity index (χ4n) is 4.95. The van der Waals surface area contributed by atoms with Gasteiger partial charge in [-0.05, 0) is 52.0 Å². The molecule has 0 spiro atoms. The van der Waals surface area contributed by atoms with E-state index in [1.807, 2.05) is 25.3 Å². The molecule has 1 atom stereocenters. The van der Waals surface area contributed by atoms with E-state index in [4.69, 9.17) is 9.72 Å². The highest BCUT2D eigenvalue weighted by Gasteiger charge is 2.28. The number of pyridine rings is 1. The lowest BCUT2D eigenvalue weighted by molar-refractivity contribution is 0.0349. The Morgan fingerprint density at radius 3 is 2.73 bits per heavy atom. The van der Waals surface area contributed by atoms with Crippen molar-refractivity contribution in [2.75, 3.05) is 36.5 Å². The molecule has 3 aromatic rings. The van der Waals surface area contributed by atoms with Gasteiger partial charge in [-0.1, -0.05) is 6.92 Å². The summed E-state index contributed by atoms with van der Waals surface area (Å²) < 4.78 is 7.58. The van der Waals surface area contributed by atoms with Crippen molar-refractivity contribution in [2.24, 2.45) is 0 Å². The van der Waals surface area contributed by atoms with Crippen LogP contribution in [0.5, 0.6) is 0 Å². The lowest BCUT2D eigenvalue weighted by atomic mass is 9.94. The molecule has 0 radical (unpaired) electrons. The van der Waals surface area contributed by atoms with Gasteiger partial charge in [0, 0.05) is 68.4 Å². The number of fused-ring (bicyclic) bond motifs is 1. The Bertz CT molecular complexity index is 1240. The fourth-order valence-corrected chi connectivity index (χ4v) is 4.95. The Labute approximate surface area is 217 Å². The molecule has 5 rings (SSSR count). The van der Waals surface area contributed by atoms with E-state index in [0.717, 1.165) is 30.2 Å². The van der Waals surface area contributed by atoms with E-state index in [1.54, 1.807) is 12.4 Å². The van der Waals surface area contributed by atoms with Crippen LogP contribution in [0.4, 0.5) is 17.6 Å². The fraction of sp³-hybridized carbons (Fsp3) is 0.556. The number of hydrogen-bond acceptors (Lipinski definition) is 8. The monoisotopic (exact) mass is 507 g/mol. The first kappa shape index (κ1) is 25.4. The van der Waals surface area contributed by atoms with Gasteiger partial charge >= 0.3 is 0 Å². The number of ether oxygens (including phenoxy) is 1.